The van der Waals surface area contributed by atoms with E-state index in [4.69, 9.17) is 21.3 Å². The molecule has 0 atom stereocenters. The number of rotatable bonds is 9. The van der Waals surface area contributed by atoms with Crippen LogP contribution < -0.4 is 0 Å². The third-order valence-electron chi connectivity index (χ3n) is 11.2. The van der Waals surface area contributed by atoms with Crippen molar-refractivity contribution in [1.82, 2.24) is 14.1 Å². The maximum absolute atomic E-state index is 13.7. The van der Waals surface area contributed by atoms with Gasteiger partial charge in [0.05, 0.1) is 5.02 Å². The number of ether oxygens (including phenoxy) is 1. The van der Waals surface area contributed by atoms with E-state index in [0.29, 0.717) is 23.2 Å². The Balaban J connectivity index is 1.44. The van der Waals surface area contributed by atoms with Crippen LogP contribution in [-0.2, 0) is 17.7 Å². The van der Waals surface area contributed by atoms with E-state index in [1.54, 1.807) is 0 Å². The summed E-state index contributed by atoms with van der Waals surface area (Å²) in [4.78, 5) is 20.8. The fourth-order valence-electron chi connectivity index (χ4n) is 9.24. The SMILES string of the molecule is CC(C)[Si](C(C)C)(C(C)C)n1ccc2c(CC34CCC(N(Cc5ccccc5)C(=O)OC(C)(C)C)(CC3)CC4)c(Cl)cnc21. The fourth-order valence-corrected chi connectivity index (χ4v) is 16.0. The molecule has 0 N–H and O–H groups in total. The highest BCUT2D eigenvalue weighted by molar-refractivity contribution is 6.82. The minimum Gasteiger partial charge on any atom is -0.444 e. The Labute approximate surface area is 271 Å². The first-order valence-electron chi connectivity index (χ1n) is 16.8. The molecule has 2 bridgehead atoms. The summed E-state index contributed by atoms with van der Waals surface area (Å²) in [6.07, 6.45) is 11.3. The number of fused-ring (bicyclic) bond motifs is 4. The van der Waals surface area contributed by atoms with E-state index in [9.17, 15) is 4.79 Å². The van der Waals surface area contributed by atoms with Gasteiger partial charge in [-0.25, -0.2) is 9.78 Å². The Morgan fingerprint density at radius 3 is 2.05 bits per heavy atom. The van der Waals surface area contributed by atoms with Crippen molar-refractivity contribution < 1.29 is 9.53 Å². The van der Waals surface area contributed by atoms with E-state index in [1.807, 2.05) is 33.0 Å². The van der Waals surface area contributed by atoms with Gasteiger partial charge in [0, 0.05) is 23.7 Å². The molecule has 0 unspecified atom stereocenters. The molecule has 0 saturated heterocycles. The molecular formula is C37H54ClN3O2Si. The number of aromatic nitrogens is 2. The average molecular weight is 636 g/mol. The molecule has 1 amide bonds. The first kappa shape index (κ1) is 33.1. The number of benzene rings is 1. The zero-order valence-corrected chi connectivity index (χ0v) is 30.3. The molecule has 44 heavy (non-hydrogen) atoms. The normalized spacial score (nSPS) is 22.4. The number of amides is 1. The molecule has 3 saturated carbocycles. The summed E-state index contributed by atoms with van der Waals surface area (Å²) in [6, 6.07) is 12.7. The van der Waals surface area contributed by atoms with Crippen LogP contribution in [0.2, 0.25) is 21.6 Å². The van der Waals surface area contributed by atoms with Crippen LogP contribution in [0.5, 0.6) is 0 Å². The minimum atomic E-state index is -1.95. The molecule has 3 aromatic rings. The average Bonchev–Trinajstić information content (AvgIpc) is 3.38. The first-order chi connectivity index (χ1) is 20.6. The van der Waals surface area contributed by atoms with Crippen molar-refractivity contribution in [3.63, 3.8) is 0 Å². The topological polar surface area (TPSA) is 47.4 Å². The molecule has 2 heterocycles. The highest BCUT2D eigenvalue weighted by Gasteiger charge is 2.53. The van der Waals surface area contributed by atoms with E-state index >= 15 is 0 Å². The van der Waals surface area contributed by atoms with Crippen LogP contribution in [0.3, 0.4) is 0 Å². The second kappa shape index (κ2) is 12.1. The quantitative estimate of drug-likeness (QED) is 0.220. The van der Waals surface area contributed by atoms with Crippen LogP contribution in [0, 0.1) is 5.41 Å². The molecule has 0 aliphatic heterocycles. The van der Waals surface area contributed by atoms with Crippen molar-refractivity contribution in [3.05, 3.63) is 64.9 Å². The van der Waals surface area contributed by atoms with Crippen LogP contribution in [0.4, 0.5) is 4.79 Å². The summed E-state index contributed by atoms with van der Waals surface area (Å²) in [5, 5.41) is 2.02. The maximum Gasteiger partial charge on any atom is 0.411 e. The maximum atomic E-state index is 13.7. The zero-order valence-electron chi connectivity index (χ0n) is 28.5. The smallest absolute Gasteiger partial charge is 0.411 e. The third-order valence-corrected chi connectivity index (χ3v) is 18.3. The van der Waals surface area contributed by atoms with Crippen LogP contribution >= 0.6 is 11.6 Å². The van der Waals surface area contributed by atoms with Gasteiger partial charge in [-0.1, -0.05) is 83.5 Å². The number of hydrogen-bond donors (Lipinski definition) is 0. The van der Waals surface area contributed by atoms with Gasteiger partial charge in [-0.3, -0.25) is 4.90 Å². The van der Waals surface area contributed by atoms with E-state index in [-0.39, 0.29) is 17.0 Å². The van der Waals surface area contributed by atoms with Crippen molar-refractivity contribution in [2.24, 2.45) is 5.41 Å². The fraction of sp³-hybridized carbons (Fsp3) is 0.622. The van der Waals surface area contributed by atoms with Crippen LogP contribution in [0.1, 0.15) is 112 Å². The molecule has 1 aromatic carbocycles. The van der Waals surface area contributed by atoms with Gasteiger partial charge >= 0.3 is 6.09 Å². The van der Waals surface area contributed by atoms with Crippen molar-refractivity contribution in [2.75, 3.05) is 0 Å². The van der Waals surface area contributed by atoms with Gasteiger partial charge in [0.25, 0.3) is 0 Å². The number of pyridine rings is 1. The van der Waals surface area contributed by atoms with Gasteiger partial charge in [0.2, 0.25) is 0 Å². The first-order valence-corrected chi connectivity index (χ1v) is 19.4. The predicted molar refractivity (Wildman–Crippen MR) is 186 cm³/mol. The lowest BCUT2D eigenvalue weighted by Gasteiger charge is -2.57. The standard InChI is InChI=1S/C37H54ClN3O2Si/c1-26(2)44(27(3)4,28(5)6)41-22-15-30-31(32(38)24-39-33(30)41)23-36-16-19-37(20-17-36,21-18-36)40(34(42)43-35(7,8)9)25-29-13-11-10-12-14-29/h10-15,22,24,26-28H,16-21,23,25H2,1-9H3. The molecule has 7 heteroatoms. The molecule has 2 aromatic heterocycles. The summed E-state index contributed by atoms with van der Waals surface area (Å²) in [5.41, 5.74) is 4.78. The number of halogens is 1. The van der Waals surface area contributed by atoms with Crippen molar-refractivity contribution in [1.29, 1.82) is 0 Å². The van der Waals surface area contributed by atoms with Gasteiger partial charge in [0.1, 0.15) is 11.2 Å². The van der Waals surface area contributed by atoms with Crippen LogP contribution in [-0.4, -0.2) is 39.6 Å². The number of carbonyl (C=O) groups is 1. The van der Waals surface area contributed by atoms with Gasteiger partial charge in [-0.05, 0) is 111 Å². The molecule has 0 radical (unpaired) electrons. The van der Waals surface area contributed by atoms with Crippen LogP contribution in [0.15, 0.2) is 48.8 Å². The second-order valence-corrected chi connectivity index (χ2v) is 21.9. The molecule has 3 aliphatic carbocycles. The minimum absolute atomic E-state index is 0.169. The molecule has 240 valence electrons. The Kier molecular flexibility index (Phi) is 9.11. The van der Waals surface area contributed by atoms with Crippen molar-refractivity contribution in [2.45, 2.75) is 142 Å². The molecular weight excluding hydrogens is 582 g/mol. The van der Waals surface area contributed by atoms with E-state index < -0.39 is 13.8 Å². The predicted octanol–water partition coefficient (Wildman–Crippen LogP) is 10.8. The summed E-state index contributed by atoms with van der Waals surface area (Å²) in [6.45, 7) is 20.9. The largest absolute Gasteiger partial charge is 0.444 e. The molecule has 3 aliphatic rings. The van der Waals surface area contributed by atoms with Gasteiger partial charge in [0.15, 0.2) is 8.24 Å². The Morgan fingerprint density at radius 2 is 1.52 bits per heavy atom. The van der Waals surface area contributed by atoms with Gasteiger partial charge < -0.3 is 8.97 Å². The lowest BCUT2D eigenvalue weighted by atomic mass is 9.55. The second-order valence-electron chi connectivity index (χ2n) is 15.8. The highest BCUT2D eigenvalue weighted by Crippen LogP contribution is 2.57. The van der Waals surface area contributed by atoms with E-state index in [1.165, 1.54) is 10.9 Å². The summed E-state index contributed by atoms with van der Waals surface area (Å²) >= 11 is 7.01. The number of carbonyl (C=O) groups excluding carboxylic acids is 1. The summed E-state index contributed by atoms with van der Waals surface area (Å²) in [5.74, 6) is 0. The lowest BCUT2D eigenvalue weighted by Crippen LogP contribution is -2.59. The summed E-state index contributed by atoms with van der Waals surface area (Å²) < 4.78 is 8.60. The monoisotopic (exact) mass is 635 g/mol. The lowest BCUT2D eigenvalue weighted by molar-refractivity contribution is -0.0671. The Hall–Kier alpha value is -2.31. The molecule has 6 rings (SSSR count). The Bertz CT molecular complexity index is 1430. The van der Waals surface area contributed by atoms with Crippen molar-refractivity contribution >= 4 is 37.0 Å². The zero-order chi connectivity index (χ0) is 32.1. The van der Waals surface area contributed by atoms with E-state index in [2.05, 4.69) is 87.2 Å². The Morgan fingerprint density at radius 1 is 0.955 bits per heavy atom. The van der Waals surface area contributed by atoms with E-state index in [0.717, 1.165) is 61.2 Å². The molecule has 3 fully saturated rings. The highest BCUT2D eigenvalue weighted by atomic mass is 35.5. The summed E-state index contributed by atoms with van der Waals surface area (Å²) in [7, 11) is -1.95. The third kappa shape index (κ3) is 5.86. The molecule has 0 spiro atoms. The number of hydrogen-bond acceptors (Lipinski definition) is 3. The van der Waals surface area contributed by atoms with Gasteiger partial charge in [-0.15, -0.1) is 0 Å². The van der Waals surface area contributed by atoms with Crippen molar-refractivity contribution in [3.8, 4) is 0 Å². The van der Waals surface area contributed by atoms with Gasteiger partial charge in [-0.2, -0.15) is 0 Å². The number of nitrogens with zero attached hydrogens (tertiary/aromatic N) is 3. The molecule has 5 nitrogen and oxygen atoms in total. The van der Waals surface area contributed by atoms with Crippen LogP contribution in [0.25, 0.3) is 11.0 Å².